The highest BCUT2D eigenvalue weighted by Crippen LogP contribution is 2.31. The molecule has 0 aliphatic carbocycles. The first kappa shape index (κ1) is 15.0. The Morgan fingerprint density at radius 3 is 2.65 bits per heavy atom. The Kier molecular flexibility index (Phi) is 4.81. The largest absolute Gasteiger partial charge is 0.508 e. The molecule has 1 N–H and O–H groups in total. The summed E-state index contributed by atoms with van der Waals surface area (Å²) in [5.74, 6) is 1.63. The van der Waals surface area contributed by atoms with Gasteiger partial charge >= 0.3 is 0 Å². The Bertz CT molecular complexity index is 468. The molecule has 0 bridgehead atoms. The van der Waals surface area contributed by atoms with Gasteiger partial charge in [0, 0.05) is 24.8 Å². The summed E-state index contributed by atoms with van der Waals surface area (Å²) in [5.41, 5.74) is 0.957. The van der Waals surface area contributed by atoms with E-state index in [2.05, 4.69) is 37.6 Å². The second-order valence-corrected chi connectivity index (χ2v) is 6.41. The van der Waals surface area contributed by atoms with Crippen LogP contribution in [0.2, 0.25) is 0 Å². The lowest BCUT2D eigenvalue weighted by Crippen LogP contribution is -2.30. The summed E-state index contributed by atoms with van der Waals surface area (Å²) in [5, 5.41) is 9.43. The van der Waals surface area contributed by atoms with Crippen LogP contribution in [0, 0.1) is 11.8 Å². The summed E-state index contributed by atoms with van der Waals surface area (Å²) in [7, 11) is 0. The van der Waals surface area contributed by atoms with Gasteiger partial charge in [-0.3, -0.25) is 9.89 Å². The van der Waals surface area contributed by atoms with E-state index in [1.807, 2.05) is 18.3 Å². The molecule has 0 amide bonds. The predicted molar refractivity (Wildman–Crippen MR) is 84.5 cm³/mol. The van der Waals surface area contributed by atoms with Gasteiger partial charge in [0.2, 0.25) is 0 Å². The summed E-state index contributed by atoms with van der Waals surface area (Å²) < 4.78 is 0. The molecule has 0 aromatic heterocycles. The van der Waals surface area contributed by atoms with E-state index in [1.54, 1.807) is 12.1 Å². The van der Waals surface area contributed by atoms with E-state index in [-0.39, 0.29) is 0 Å². The van der Waals surface area contributed by atoms with Gasteiger partial charge in [-0.2, -0.15) is 0 Å². The molecule has 0 spiro atoms. The maximum absolute atomic E-state index is 9.43. The average molecular weight is 274 g/mol. The minimum Gasteiger partial charge on any atom is -0.508 e. The molecular weight excluding hydrogens is 248 g/mol. The minimum atomic E-state index is 0.292. The van der Waals surface area contributed by atoms with Crippen molar-refractivity contribution in [2.45, 2.75) is 39.8 Å². The van der Waals surface area contributed by atoms with E-state index < -0.39 is 0 Å². The van der Waals surface area contributed by atoms with Gasteiger partial charge < -0.3 is 5.11 Å². The number of rotatable bonds is 6. The van der Waals surface area contributed by atoms with Crippen LogP contribution >= 0.6 is 0 Å². The van der Waals surface area contributed by atoms with Crippen molar-refractivity contribution in [1.82, 2.24) is 4.90 Å². The van der Waals surface area contributed by atoms with E-state index in [0.717, 1.165) is 24.1 Å². The highest BCUT2D eigenvalue weighted by Gasteiger charge is 2.42. The second-order valence-electron chi connectivity index (χ2n) is 6.41. The van der Waals surface area contributed by atoms with Crippen LogP contribution < -0.4 is 0 Å². The third-order valence-electron chi connectivity index (χ3n) is 4.06. The molecule has 110 valence electrons. The Labute approximate surface area is 122 Å². The first-order valence-corrected chi connectivity index (χ1v) is 7.53. The second kappa shape index (κ2) is 6.40. The summed E-state index contributed by atoms with van der Waals surface area (Å²) in [6.07, 6.45) is 1.86. The van der Waals surface area contributed by atoms with Gasteiger partial charge in [0.15, 0.2) is 0 Å². The maximum Gasteiger partial charge on any atom is 0.116 e. The standard InChI is InChI=1S/C17H26N2O/c1-12(2)16(19-11-17(19)13(3)4)10-18-9-14-6-5-7-15(20)8-14/h5-9,12-13,16-17,20H,10-11H2,1-4H3/b18-9+/t16-,17+,19?/m0/s1. The Balaban J connectivity index is 1.93. The number of phenolic OH excluding ortho intramolecular Hbond substituents is 1. The molecule has 0 saturated carbocycles. The van der Waals surface area contributed by atoms with Crippen LogP contribution in [0.25, 0.3) is 0 Å². The topological polar surface area (TPSA) is 35.6 Å². The van der Waals surface area contributed by atoms with E-state index >= 15 is 0 Å². The van der Waals surface area contributed by atoms with E-state index in [4.69, 9.17) is 0 Å². The van der Waals surface area contributed by atoms with Crippen molar-refractivity contribution in [2.24, 2.45) is 16.8 Å². The Morgan fingerprint density at radius 2 is 2.10 bits per heavy atom. The minimum absolute atomic E-state index is 0.292. The van der Waals surface area contributed by atoms with Gasteiger partial charge in [-0.25, -0.2) is 0 Å². The molecule has 1 saturated heterocycles. The van der Waals surface area contributed by atoms with Crippen LogP contribution in [-0.4, -0.2) is 41.4 Å². The molecule has 3 nitrogen and oxygen atoms in total. The molecule has 0 radical (unpaired) electrons. The van der Waals surface area contributed by atoms with Crippen molar-refractivity contribution in [3.05, 3.63) is 29.8 Å². The molecule has 3 atom stereocenters. The van der Waals surface area contributed by atoms with Gasteiger partial charge in [-0.15, -0.1) is 0 Å². The van der Waals surface area contributed by atoms with Crippen molar-refractivity contribution in [3.8, 4) is 5.75 Å². The smallest absolute Gasteiger partial charge is 0.116 e. The molecule has 3 heteroatoms. The van der Waals surface area contributed by atoms with Crippen molar-refractivity contribution in [2.75, 3.05) is 13.1 Å². The van der Waals surface area contributed by atoms with Gasteiger partial charge in [0.25, 0.3) is 0 Å². The zero-order valence-corrected chi connectivity index (χ0v) is 13.0. The quantitative estimate of drug-likeness (QED) is 0.639. The monoisotopic (exact) mass is 274 g/mol. The first-order chi connectivity index (χ1) is 9.49. The molecule has 1 aliphatic heterocycles. The zero-order valence-electron chi connectivity index (χ0n) is 13.0. The molecule has 1 aromatic carbocycles. The van der Waals surface area contributed by atoms with Gasteiger partial charge in [-0.05, 0) is 29.5 Å². The summed E-state index contributed by atoms with van der Waals surface area (Å²) in [6, 6.07) is 8.48. The van der Waals surface area contributed by atoms with Crippen LogP contribution in [0.15, 0.2) is 29.3 Å². The number of benzene rings is 1. The lowest BCUT2D eigenvalue weighted by Gasteiger charge is -2.22. The molecule has 1 aliphatic rings. The third kappa shape index (κ3) is 3.83. The van der Waals surface area contributed by atoms with Crippen molar-refractivity contribution >= 4 is 6.21 Å². The zero-order chi connectivity index (χ0) is 14.7. The fourth-order valence-corrected chi connectivity index (χ4v) is 2.71. The number of nitrogens with zero attached hydrogens (tertiary/aromatic N) is 2. The average Bonchev–Trinajstić information content (AvgIpc) is 3.14. The predicted octanol–water partition coefficient (Wildman–Crippen LogP) is 3.18. The first-order valence-electron chi connectivity index (χ1n) is 7.53. The van der Waals surface area contributed by atoms with Crippen LogP contribution in [0.4, 0.5) is 0 Å². The number of hydrogen-bond acceptors (Lipinski definition) is 3. The van der Waals surface area contributed by atoms with Crippen LogP contribution in [0.1, 0.15) is 33.3 Å². The number of aliphatic imine (C=N–C) groups is 1. The number of phenols is 1. The summed E-state index contributed by atoms with van der Waals surface area (Å²) in [4.78, 5) is 7.15. The lowest BCUT2D eigenvalue weighted by atomic mass is 10.0. The van der Waals surface area contributed by atoms with Crippen molar-refractivity contribution in [3.63, 3.8) is 0 Å². The molecule has 1 heterocycles. The molecular formula is C17H26N2O. The van der Waals surface area contributed by atoms with E-state index in [9.17, 15) is 5.11 Å². The van der Waals surface area contributed by atoms with E-state index in [1.165, 1.54) is 6.54 Å². The molecule has 1 unspecified atom stereocenters. The van der Waals surface area contributed by atoms with Crippen LogP contribution in [0.3, 0.4) is 0 Å². The molecule has 1 aromatic rings. The van der Waals surface area contributed by atoms with Crippen LogP contribution in [0.5, 0.6) is 5.75 Å². The normalized spacial score (nSPS) is 23.7. The molecule has 1 fully saturated rings. The third-order valence-corrected chi connectivity index (χ3v) is 4.06. The van der Waals surface area contributed by atoms with Crippen molar-refractivity contribution < 1.29 is 5.11 Å². The molecule has 2 rings (SSSR count). The fraction of sp³-hybridized carbons (Fsp3) is 0.588. The summed E-state index contributed by atoms with van der Waals surface area (Å²) in [6.45, 7) is 11.2. The fourth-order valence-electron chi connectivity index (χ4n) is 2.71. The SMILES string of the molecule is CC(C)[C@H]1CN1[C@@H](C/N=C/c1cccc(O)c1)C(C)C. The van der Waals surface area contributed by atoms with Gasteiger partial charge in [0.05, 0.1) is 6.54 Å². The van der Waals surface area contributed by atoms with Gasteiger partial charge in [-0.1, -0.05) is 39.8 Å². The Morgan fingerprint density at radius 1 is 1.35 bits per heavy atom. The highest BCUT2D eigenvalue weighted by atomic mass is 16.3. The maximum atomic E-state index is 9.43. The highest BCUT2D eigenvalue weighted by molar-refractivity contribution is 5.80. The number of aromatic hydroxyl groups is 1. The van der Waals surface area contributed by atoms with Gasteiger partial charge in [0.1, 0.15) is 5.75 Å². The molecule has 20 heavy (non-hydrogen) atoms. The Hall–Kier alpha value is -1.35. The van der Waals surface area contributed by atoms with E-state index in [0.29, 0.717) is 17.7 Å². The number of hydrogen-bond donors (Lipinski definition) is 1. The van der Waals surface area contributed by atoms with Crippen LogP contribution in [-0.2, 0) is 0 Å². The summed E-state index contributed by atoms with van der Waals surface area (Å²) >= 11 is 0. The lowest BCUT2D eigenvalue weighted by molar-refractivity contribution is 0.281. The van der Waals surface area contributed by atoms with Crippen molar-refractivity contribution in [1.29, 1.82) is 0 Å².